The molecule has 12 nitrogen and oxygen atoms in total. The van der Waals surface area contributed by atoms with Crippen LogP contribution in [0.1, 0.15) is 64.4 Å². The minimum atomic E-state index is -1.48. The maximum absolute atomic E-state index is 14.8. The molecular formula is C28H34BrFN2O10. The maximum Gasteiger partial charge on any atom is 0.303 e. The molecule has 1 aliphatic rings. The van der Waals surface area contributed by atoms with Gasteiger partial charge < -0.3 is 28.4 Å². The van der Waals surface area contributed by atoms with E-state index in [0.29, 0.717) is 21.3 Å². The van der Waals surface area contributed by atoms with Crippen molar-refractivity contribution in [2.75, 3.05) is 6.61 Å². The van der Waals surface area contributed by atoms with Gasteiger partial charge in [-0.1, -0.05) is 22.0 Å². The van der Waals surface area contributed by atoms with Gasteiger partial charge in [-0.05, 0) is 38.5 Å². The van der Waals surface area contributed by atoms with Gasteiger partial charge in [-0.3, -0.25) is 23.9 Å². The average molecular weight is 657 g/mol. The molecule has 3 rings (SSSR count). The molecule has 1 aromatic carbocycles. The van der Waals surface area contributed by atoms with Crippen molar-refractivity contribution in [3.8, 4) is 5.88 Å². The van der Waals surface area contributed by atoms with Gasteiger partial charge in [-0.2, -0.15) is 0 Å². The lowest BCUT2D eigenvalue weighted by atomic mass is 9.98. The van der Waals surface area contributed by atoms with E-state index >= 15 is 0 Å². The van der Waals surface area contributed by atoms with Crippen LogP contribution in [0.4, 0.5) is 4.39 Å². The number of nitrogens with zero attached hydrogens (tertiary/aromatic N) is 2. The van der Waals surface area contributed by atoms with Gasteiger partial charge in [0.25, 0.3) is 0 Å². The van der Waals surface area contributed by atoms with Gasteiger partial charge in [0.15, 0.2) is 12.2 Å². The molecule has 1 saturated heterocycles. The highest BCUT2D eigenvalue weighted by Gasteiger charge is 2.53. The van der Waals surface area contributed by atoms with Crippen LogP contribution in [0, 0.1) is 12.7 Å². The van der Waals surface area contributed by atoms with E-state index in [9.17, 15) is 23.6 Å². The Bertz CT molecular complexity index is 1330. The van der Waals surface area contributed by atoms with Gasteiger partial charge in [-0.15, -0.1) is 5.10 Å². The number of halogens is 2. The Balaban J connectivity index is 2.10. The summed E-state index contributed by atoms with van der Waals surface area (Å²) in [6, 6.07) is 4.58. The third-order valence-corrected chi connectivity index (χ3v) is 6.78. The summed E-state index contributed by atoms with van der Waals surface area (Å²) in [5.41, 5.74) is 1.58. The molecule has 2 aromatic rings. The molecule has 42 heavy (non-hydrogen) atoms. The van der Waals surface area contributed by atoms with Crippen molar-refractivity contribution in [1.82, 2.24) is 9.78 Å². The predicted molar refractivity (Wildman–Crippen MR) is 147 cm³/mol. The highest BCUT2D eigenvalue weighted by atomic mass is 79.9. The van der Waals surface area contributed by atoms with Crippen LogP contribution in [0.15, 0.2) is 22.7 Å². The lowest BCUT2D eigenvalue weighted by Crippen LogP contribution is -2.63. The first-order chi connectivity index (χ1) is 19.7. The topological polar surface area (TPSA) is 141 Å². The summed E-state index contributed by atoms with van der Waals surface area (Å²) in [5, 5.41) is 4.58. The van der Waals surface area contributed by atoms with Crippen molar-refractivity contribution in [2.45, 2.75) is 91.6 Å². The van der Waals surface area contributed by atoms with Crippen molar-refractivity contribution in [3.63, 3.8) is 0 Å². The van der Waals surface area contributed by atoms with E-state index in [1.165, 1.54) is 13.0 Å². The number of carbonyl (C=O) groups excluding carboxylic acids is 4. The Morgan fingerprint density at radius 2 is 1.57 bits per heavy atom. The van der Waals surface area contributed by atoms with Crippen molar-refractivity contribution in [3.05, 3.63) is 45.3 Å². The fourth-order valence-corrected chi connectivity index (χ4v) is 4.91. The van der Waals surface area contributed by atoms with Gasteiger partial charge in [0.1, 0.15) is 18.5 Å². The van der Waals surface area contributed by atoms with Crippen molar-refractivity contribution < 1.29 is 52.0 Å². The highest BCUT2D eigenvalue weighted by molar-refractivity contribution is 9.10. The van der Waals surface area contributed by atoms with Crippen LogP contribution in [0.25, 0.3) is 0 Å². The third kappa shape index (κ3) is 8.28. The summed E-state index contributed by atoms with van der Waals surface area (Å²) in [5.74, 6) is -3.33. The van der Waals surface area contributed by atoms with E-state index in [0.717, 1.165) is 20.8 Å². The largest absolute Gasteiger partial charge is 0.463 e. The van der Waals surface area contributed by atoms with E-state index in [1.807, 2.05) is 13.8 Å². The average Bonchev–Trinajstić information content (AvgIpc) is 3.17. The second kappa shape index (κ2) is 14.1. The highest BCUT2D eigenvalue weighted by Crippen LogP contribution is 2.34. The second-order valence-electron chi connectivity index (χ2n) is 10.0. The Labute approximate surface area is 250 Å². The summed E-state index contributed by atoms with van der Waals surface area (Å²) < 4.78 is 50.8. The number of benzene rings is 1. The van der Waals surface area contributed by atoms with Gasteiger partial charge in [-0.25, -0.2) is 4.39 Å². The Kier molecular flexibility index (Phi) is 11.1. The summed E-state index contributed by atoms with van der Waals surface area (Å²) in [6.45, 7) is 9.77. The second-order valence-corrected chi connectivity index (χ2v) is 10.9. The number of esters is 4. The van der Waals surface area contributed by atoms with Crippen LogP contribution >= 0.6 is 15.9 Å². The maximum atomic E-state index is 14.8. The number of carbonyl (C=O) groups is 4. The van der Waals surface area contributed by atoms with Crippen LogP contribution in [-0.4, -0.2) is 71.0 Å². The van der Waals surface area contributed by atoms with Gasteiger partial charge in [0.2, 0.25) is 18.3 Å². The van der Waals surface area contributed by atoms with Crippen molar-refractivity contribution in [2.24, 2.45) is 0 Å². The van der Waals surface area contributed by atoms with E-state index in [2.05, 4.69) is 21.0 Å². The van der Waals surface area contributed by atoms with E-state index in [-0.39, 0.29) is 18.3 Å². The molecule has 230 valence electrons. The molecule has 1 aliphatic heterocycles. The number of rotatable bonds is 10. The smallest absolute Gasteiger partial charge is 0.303 e. The van der Waals surface area contributed by atoms with Crippen LogP contribution < -0.4 is 4.74 Å². The summed E-state index contributed by atoms with van der Waals surface area (Å²) in [6.07, 6.45) is -6.76. The summed E-state index contributed by atoms with van der Waals surface area (Å²) >= 11 is 3.26. The zero-order valence-corrected chi connectivity index (χ0v) is 25.9. The first kappa shape index (κ1) is 33.0. The summed E-state index contributed by atoms with van der Waals surface area (Å²) in [4.78, 5) is 47.9. The molecule has 0 saturated carbocycles. The Morgan fingerprint density at radius 1 is 0.976 bits per heavy atom. The zero-order valence-electron chi connectivity index (χ0n) is 24.3. The number of aromatic nitrogens is 2. The van der Waals surface area contributed by atoms with E-state index < -0.39 is 67.0 Å². The Hall–Kier alpha value is -3.52. The predicted octanol–water partition coefficient (Wildman–Crippen LogP) is 3.73. The minimum absolute atomic E-state index is 0.0458. The van der Waals surface area contributed by atoms with Gasteiger partial charge >= 0.3 is 23.9 Å². The van der Waals surface area contributed by atoms with Crippen LogP contribution in [0.2, 0.25) is 0 Å². The Morgan fingerprint density at radius 3 is 2.12 bits per heavy atom. The fourth-order valence-electron chi connectivity index (χ4n) is 4.58. The molecule has 1 fully saturated rings. The SMILES string of the molecule is CC(=O)OCC1O[C@@H](Oc2nn(C(C)C)c(C)c2Cc2ccc(Br)cc2F)[C@H](OC(C)=O)[C@@H](OC(C)=O)[C@@H]1OC(C)=O. The van der Waals surface area contributed by atoms with E-state index in [1.54, 1.807) is 23.7 Å². The quantitative estimate of drug-likeness (QED) is 0.273. The molecule has 0 radical (unpaired) electrons. The number of ether oxygens (including phenoxy) is 6. The monoisotopic (exact) mass is 656 g/mol. The number of hydrogen-bond acceptors (Lipinski definition) is 11. The molecular weight excluding hydrogens is 623 g/mol. The fraction of sp³-hybridized carbons (Fsp3) is 0.536. The normalized spacial score (nSPS) is 21.9. The lowest BCUT2D eigenvalue weighted by molar-refractivity contribution is -0.289. The molecule has 0 N–H and O–H groups in total. The summed E-state index contributed by atoms with van der Waals surface area (Å²) in [7, 11) is 0. The molecule has 1 aromatic heterocycles. The standard InChI is InChI=1S/C28H34BrFN2O10/c1-13(2)32-14(3)21(10-19-8-9-20(29)11-22(19)30)27(31-32)42-28-26(40-18(7)36)25(39-17(6)35)24(38-16(5)34)23(41-28)12-37-15(4)33/h8-9,11,13,23-26,28H,10,12H2,1-7H3/t23?,24-,25+,26-,28+/m1/s1. The first-order valence-electron chi connectivity index (χ1n) is 13.2. The number of hydrogen-bond donors (Lipinski definition) is 0. The molecule has 5 atom stereocenters. The molecule has 0 spiro atoms. The molecule has 0 bridgehead atoms. The van der Waals surface area contributed by atoms with Crippen molar-refractivity contribution >= 4 is 39.8 Å². The van der Waals surface area contributed by atoms with Crippen LogP contribution in [-0.2, 0) is 49.3 Å². The van der Waals surface area contributed by atoms with Gasteiger partial charge in [0.05, 0.1) is 0 Å². The zero-order chi connectivity index (χ0) is 31.3. The molecule has 14 heteroatoms. The molecule has 1 unspecified atom stereocenters. The van der Waals surface area contributed by atoms with E-state index in [4.69, 9.17) is 28.4 Å². The van der Waals surface area contributed by atoms with Crippen molar-refractivity contribution in [1.29, 1.82) is 0 Å². The molecule has 0 amide bonds. The molecule has 2 heterocycles. The van der Waals surface area contributed by atoms with Crippen LogP contribution in [0.3, 0.4) is 0 Å². The first-order valence-corrected chi connectivity index (χ1v) is 14.0. The lowest BCUT2D eigenvalue weighted by Gasteiger charge is -2.43. The minimum Gasteiger partial charge on any atom is -0.463 e. The third-order valence-electron chi connectivity index (χ3n) is 6.28. The van der Waals surface area contributed by atoms with Gasteiger partial charge in [0, 0.05) is 55.9 Å². The molecule has 0 aliphatic carbocycles. The van der Waals surface area contributed by atoms with Crippen LogP contribution in [0.5, 0.6) is 5.88 Å².